The number of aliphatic hydroxyl groups is 1. The SMILES string of the molecule is C[C@@H]1CC[C@@H](Cc2nc(NC3CCC(OCC(F)(F)F)CC3)ncc2C(N)=O)CC1O. The van der Waals surface area contributed by atoms with E-state index in [1.54, 1.807) is 0 Å². The Kier molecular flexibility index (Phi) is 7.74. The van der Waals surface area contributed by atoms with Gasteiger partial charge in [-0.15, -0.1) is 0 Å². The maximum atomic E-state index is 12.3. The zero-order valence-corrected chi connectivity index (χ0v) is 17.7. The molecule has 1 aromatic heterocycles. The monoisotopic (exact) mass is 444 g/mol. The second kappa shape index (κ2) is 10.1. The standard InChI is InChI=1S/C21H31F3N4O3/c1-12-2-3-13(9-18(12)29)8-17-16(19(25)30)10-26-20(28-17)27-14-4-6-15(7-5-14)31-11-21(22,23)24/h10,12-15,18,29H,2-9,11H2,1H3,(H2,25,30)(H,26,27,28)/t12-,13+,14?,15?,18?/m1/s1. The summed E-state index contributed by atoms with van der Waals surface area (Å²) in [6, 6.07) is 0.0235. The van der Waals surface area contributed by atoms with E-state index in [9.17, 15) is 23.1 Å². The number of alkyl halides is 3. The van der Waals surface area contributed by atoms with Crippen LogP contribution < -0.4 is 11.1 Å². The van der Waals surface area contributed by atoms with Gasteiger partial charge in [-0.3, -0.25) is 4.79 Å². The highest BCUT2D eigenvalue weighted by Gasteiger charge is 2.31. The van der Waals surface area contributed by atoms with Crippen molar-refractivity contribution in [1.29, 1.82) is 0 Å². The van der Waals surface area contributed by atoms with Gasteiger partial charge in [0.15, 0.2) is 0 Å². The molecule has 1 unspecified atom stereocenters. The maximum Gasteiger partial charge on any atom is 0.411 e. The fraction of sp³-hybridized carbons (Fsp3) is 0.762. The zero-order chi connectivity index (χ0) is 22.6. The van der Waals surface area contributed by atoms with E-state index in [0.717, 1.165) is 12.8 Å². The Balaban J connectivity index is 1.58. The van der Waals surface area contributed by atoms with E-state index in [1.807, 2.05) is 6.92 Å². The first kappa shape index (κ1) is 23.7. The summed E-state index contributed by atoms with van der Waals surface area (Å²) in [6.07, 6.45) is 1.77. The average molecular weight is 444 g/mol. The largest absolute Gasteiger partial charge is 0.411 e. The molecule has 1 aromatic rings. The van der Waals surface area contributed by atoms with Crippen LogP contribution in [0.4, 0.5) is 19.1 Å². The summed E-state index contributed by atoms with van der Waals surface area (Å²) in [6.45, 7) is 0.816. The summed E-state index contributed by atoms with van der Waals surface area (Å²) in [5.41, 5.74) is 6.34. The predicted molar refractivity (Wildman–Crippen MR) is 108 cm³/mol. The molecule has 3 rings (SSSR count). The molecule has 1 amide bonds. The number of nitrogens with one attached hydrogen (secondary N) is 1. The third-order valence-electron chi connectivity index (χ3n) is 6.37. The lowest BCUT2D eigenvalue weighted by atomic mass is 9.78. The number of aromatic nitrogens is 2. The highest BCUT2D eigenvalue weighted by atomic mass is 19.4. The van der Waals surface area contributed by atoms with Crippen LogP contribution >= 0.6 is 0 Å². The number of nitrogens with two attached hydrogens (primary N) is 1. The molecule has 3 atom stereocenters. The van der Waals surface area contributed by atoms with E-state index in [-0.39, 0.29) is 29.5 Å². The van der Waals surface area contributed by atoms with E-state index in [1.165, 1.54) is 6.20 Å². The average Bonchev–Trinajstić information content (AvgIpc) is 2.70. The number of amides is 1. The summed E-state index contributed by atoms with van der Waals surface area (Å²) in [5, 5.41) is 13.4. The molecule has 2 aliphatic carbocycles. The second-order valence-electron chi connectivity index (χ2n) is 8.89. The van der Waals surface area contributed by atoms with E-state index < -0.39 is 24.8 Å². The Morgan fingerprint density at radius 3 is 2.58 bits per heavy atom. The van der Waals surface area contributed by atoms with Crippen LogP contribution in [-0.2, 0) is 11.2 Å². The van der Waals surface area contributed by atoms with Crippen molar-refractivity contribution in [2.45, 2.75) is 82.7 Å². The molecule has 2 saturated carbocycles. The van der Waals surface area contributed by atoms with Crippen molar-refractivity contribution in [3.05, 3.63) is 17.5 Å². The molecule has 174 valence electrons. The topological polar surface area (TPSA) is 110 Å². The minimum Gasteiger partial charge on any atom is -0.393 e. The Hall–Kier alpha value is -1.94. The van der Waals surface area contributed by atoms with Gasteiger partial charge in [0.2, 0.25) is 5.95 Å². The van der Waals surface area contributed by atoms with Crippen LogP contribution in [0.25, 0.3) is 0 Å². The van der Waals surface area contributed by atoms with Gasteiger partial charge < -0.3 is 20.9 Å². The van der Waals surface area contributed by atoms with Gasteiger partial charge >= 0.3 is 6.18 Å². The molecular formula is C21H31F3N4O3. The number of hydrogen-bond acceptors (Lipinski definition) is 6. The molecule has 10 heteroatoms. The van der Waals surface area contributed by atoms with E-state index in [4.69, 9.17) is 10.5 Å². The van der Waals surface area contributed by atoms with Crippen molar-refractivity contribution >= 4 is 11.9 Å². The first-order valence-electron chi connectivity index (χ1n) is 10.9. The van der Waals surface area contributed by atoms with Gasteiger partial charge in [-0.1, -0.05) is 6.92 Å². The summed E-state index contributed by atoms with van der Waals surface area (Å²) < 4.78 is 41.9. The van der Waals surface area contributed by atoms with Gasteiger partial charge in [0.1, 0.15) is 6.61 Å². The zero-order valence-electron chi connectivity index (χ0n) is 17.7. The Morgan fingerprint density at radius 2 is 1.97 bits per heavy atom. The number of anilines is 1. The quantitative estimate of drug-likeness (QED) is 0.596. The molecule has 7 nitrogen and oxygen atoms in total. The normalized spacial score (nSPS) is 29.5. The van der Waals surface area contributed by atoms with Crippen LogP contribution in [0.2, 0.25) is 0 Å². The fourth-order valence-corrected chi connectivity index (χ4v) is 4.46. The highest BCUT2D eigenvalue weighted by Crippen LogP contribution is 2.32. The van der Waals surface area contributed by atoms with Crippen LogP contribution in [0, 0.1) is 11.8 Å². The summed E-state index contributed by atoms with van der Waals surface area (Å²) in [5.74, 6) is 0.274. The minimum atomic E-state index is -4.31. The molecule has 1 heterocycles. The maximum absolute atomic E-state index is 12.3. The van der Waals surface area contributed by atoms with Crippen molar-refractivity contribution in [3.8, 4) is 0 Å². The van der Waals surface area contributed by atoms with Crippen LogP contribution in [0.1, 0.15) is 67.9 Å². The van der Waals surface area contributed by atoms with Crippen LogP contribution in [0.5, 0.6) is 0 Å². The number of rotatable bonds is 7. The number of primary amides is 1. The second-order valence-corrected chi connectivity index (χ2v) is 8.89. The molecule has 0 aliphatic heterocycles. The van der Waals surface area contributed by atoms with Gasteiger partial charge in [0.25, 0.3) is 5.91 Å². The van der Waals surface area contributed by atoms with Gasteiger partial charge in [-0.2, -0.15) is 13.2 Å². The molecule has 2 fully saturated rings. The molecule has 0 radical (unpaired) electrons. The Morgan fingerprint density at radius 1 is 1.26 bits per heavy atom. The van der Waals surface area contributed by atoms with E-state index >= 15 is 0 Å². The molecule has 0 aromatic carbocycles. The minimum absolute atomic E-state index is 0.0235. The number of halogens is 3. The molecule has 2 aliphatic rings. The molecule has 4 N–H and O–H groups in total. The van der Waals surface area contributed by atoms with Gasteiger partial charge in [0, 0.05) is 12.2 Å². The smallest absolute Gasteiger partial charge is 0.393 e. The fourth-order valence-electron chi connectivity index (χ4n) is 4.46. The Labute approximate surface area is 180 Å². The van der Waals surface area contributed by atoms with Crippen molar-refractivity contribution in [1.82, 2.24) is 9.97 Å². The molecule has 0 spiro atoms. The summed E-state index contributed by atoms with van der Waals surface area (Å²) >= 11 is 0. The first-order valence-corrected chi connectivity index (χ1v) is 10.9. The van der Waals surface area contributed by atoms with Gasteiger partial charge in [-0.25, -0.2) is 9.97 Å². The van der Waals surface area contributed by atoms with E-state index in [0.29, 0.717) is 50.2 Å². The highest BCUT2D eigenvalue weighted by molar-refractivity contribution is 5.93. The molecule has 0 saturated heterocycles. The Bertz CT molecular complexity index is 754. The third kappa shape index (κ3) is 7.03. The van der Waals surface area contributed by atoms with Crippen molar-refractivity contribution in [2.24, 2.45) is 17.6 Å². The molecule has 31 heavy (non-hydrogen) atoms. The number of aliphatic hydroxyl groups excluding tert-OH is 1. The lowest BCUT2D eigenvalue weighted by Crippen LogP contribution is -2.32. The van der Waals surface area contributed by atoms with Crippen LogP contribution in [0.15, 0.2) is 6.20 Å². The summed E-state index contributed by atoms with van der Waals surface area (Å²) in [7, 11) is 0. The van der Waals surface area contributed by atoms with Gasteiger partial charge in [0.05, 0.1) is 23.5 Å². The predicted octanol–water partition coefficient (Wildman–Crippen LogP) is 3.22. The molecular weight excluding hydrogens is 413 g/mol. The number of carbonyl (C=O) groups excluding carboxylic acids is 1. The number of nitrogens with zero attached hydrogens (tertiary/aromatic N) is 2. The lowest BCUT2D eigenvalue weighted by molar-refractivity contribution is -0.187. The van der Waals surface area contributed by atoms with Crippen molar-refractivity contribution in [3.63, 3.8) is 0 Å². The van der Waals surface area contributed by atoms with Crippen LogP contribution in [-0.4, -0.2) is 52.0 Å². The number of ether oxygens (including phenoxy) is 1. The van der Waals surface area contributed by atoms with Crippen molar-refractivity contribution in [2.75, 3.05) is 11.9 Å². The first-order chi connectivity index (χ1) is 14.6. The summed E-state index contributed by atoms with van der Waals surface area (Å²) in [4.78, 5) is 20.6. The third-order valence-corrected chi connectivity index (χ3v) is 6.37. The van der Waals surface area contributed by atoms with E-state index in [2.05, 4.69) is 15.3 Å². The van der Waals surface area contributed by atoms with Gasteiger partial charge in [-0.05, 0) is 63.2 Å². The molecule has 0 bridgehead atoms. The number of hydrogen-bond donors (Lipinski definition) is 3. The van der Waals surface area contributed by atoms with Crippen molar-refractivity contribution < 1.29 is 27.8 Å². The van der Waals surface area contributed by atoms with Crippen LogP contribution in [0.3, 0.4) is 0 Å². The number of carbonyl (C=O) groups is 1. The lowest BCUT2D eigenvalue weighted by Gasteiger charge is -2.31.